The standard InChI is InChI=1S/C24H29N5O3/c30-23(13-17-1-2-17)28-11-8-22(9-12-28)32-21-5-3-19(4-6-21)27-24(31)18-15-29(16-18)20-7-10-25-26-14-20/h3-7,10,14,17-18,22H,1-2,8-9,11-13,15-16H2,(H,27,31). The zero-order valence-electron chi connectivity index (χ0n) is 18.2. The molecule has 2 aromatic rings. The molecule has 2 aliphatic heterocycles. The number of amides is 2. The molecule has 0 radical (unpaired) electrons. The monoisotopic (exact) mass is 435 g/mol. The van der Waals surface area contributed by atoms with Crippen molar-refractivity contribution < 1.29 is 14.3 Å². The van der Waals surface area contributed by atoms with Gasteiger partial charge in [-0.15, -0.1) is 0 Å². The van der Waals surface area contributed by atoms with Crippen LogP contribution in [-0.4, -0.2) is 59.2 Å². The molecule has 3 fully saturated rings. The molecule has 2 saturated heterocycles. The van der Waals surface area contributed by atoms with E-state index in [0.717, 1.165) is 49.5 Å². The van der Waals surface area contributed by atoms with Crippen LogP contribution in [0.15, 0.2) is 42.7 Å². The summed E-state index contributed by atoms with van der Waals surface area (Å²) in [7, 11) is 0. The summed E-state index contributed by atoms with van der Waals surface area (Å²) in [6.45, 7) is 2.91. The summed E-state index contributed by atoms with van der Waals surface area (Å²) in [5, 5.41) is 10.6. The molecule has 1 aromatic heterocycles. The Hall–Kier alpha value is -3.16. The maximum absolute atomic E-state index is 12.5. The molecule has 1 aliphatic carbocycles. The first-order valence-corrected chi connectivity index (χ1v) is 11.5. The molecule has 0 spiro atoms. The van der Waals surface area contributed by atoms with Gasteiger partial charge in [0.05, 0.1) is 24.0 Å². The fourth-order valence-electron chi connectivity index (χ4n) is 4.30. The SMILES string of the molecule is O=C(Nc1ccc(OC2CCN(C(=O)CC3CC3)CC2)cc1)C1CN(c2ccnnc2)C1. The molecule has 1 saturated carbocycles. The molecule has 5 rings (SSSR count). The molecule has 0 unspecified atom stereocenters. The van der Waals surface area contributed by atoms with Crippen LogP contribution in [-0.2, 0) is 9.59 Å². The van der Waals surface area contributed by atoms with E-state index in [4.69, 9.17) is 4.74 Å². The number of carbonyl (C=O) groups is 2. The van der Waals surface area contributed by atoms with Gasteiger partial charge >= 0.3 is 0 Å². The van der Waals surface area contributed by atoms with E-state index in [1.54, 1.807) is 12.4 Å². The Bertz CT molecular complexity index is 934. The second-order valence-corrected chi connectivity index (χ2v) is 9.06. The minimum absolute atomic E-state index is 0.0279. The molecule has 1 aromatic carbocycles. The third-order valence-electron chi connectivity index (χ3n) is 6.57. The first kappa shape index (κ1) is 20.7. The van der Waals surface area contributed by atoms with Crippen LogP contribution in [0.1, 0.15) is 32.1 Å². The van der Waals surface area contributed by atoms with E-state index in [9.17, 15) is 9.59 Å². The summed E-state index contributed by atoms with van der Waals surface area (Å²) in [5.41, 5.74) is 1.76. The predicted molar refractivity (Wildman–Crippen MR) is 120 cm³/mol. The van der Waals surface area contributed by atoms with Crippen molar-refractivity contribution in [2.45, 2.75) is 38.2 Å². The molecule has 3 heterocycles. The quantitative estimate of drug-likeness (QED) is 0.720. The number of likely N-dealkylation sites (tertiary alicyclic amines) is 1. The van der Waals surface area contributed by atoms with Crippen LogP contribution in [0.5, 0.6) is 5.75 Å². The smallest absolute Gasteiger partial charge is 0.231 e. The molecule has 1 N–H and O–H groups in total. The van der Waals surface area contributed by atoms with Gasteiger partial charge in [0.2, 0.25) is 11.8 Å². The van der Waals surface area contributed by atoms with Crippen molar-refractivity contribution >= 4 is 23.2 Å². The molecule has 0 bridgehead atoms. The lowest BCUT2D eigenvalue weighted by Gasteiger charge is -2.39. The zero-order valence-corrected chi connectivity index (χ0v) is 18.2. The number of aromatic nitrogens is 2. The third-order valence-corrected chi connectivity index (χ3v) is 6.57. The van der Waals surface area contributed by atoms with Gasteiger partial charge in [0.25, 0.3) is 0 Å². The van der Waals surface area contributed by atoms with Crippen molar-refractivity contribution in [2.24, 2.45) is 11.8 Å². The number of anilines is 2. The number of nitrogens with one attached hydrogen (secondary N) is 1. The van der Waals surface area contributed by atoms with E-state index in [1.165, 1.54) is 12.8 Å². The van der Waals surface area contributed by atoms with Crippen LogP contribution in [0.3, 0.4) is 0 Å². The zero-order chi connectivity index (χ0) is 21.9. The van der Waals surface area contributed by atoms with Crippen LogP contribution >= 0.6 is 0 Å². The second kappa shape index (κ2) is 9.14. The molecule has 32 heavy (non-hydrogen) atoms. The first-order chi connectivity index (χ1) is 15.6. The molecular formula is C24H29N5O3. The highest BCUT2D eigenvalue weighted by Crippen LogP contribution is 2.33. The lowest BCUT2D eigenvalue weighted by molar-refractivity contribution is -0.133. The predicted octanol–water partition coefficient (Wildman–Crippen LogP) is 2.72. The van der Waals surface area contributed by atoms with Crippen LogP contribution in [0, 0.1) is 11.8 Å². The van der Waals surface area contributed by atoms with Gasteiger partial charge in [0.15, 0.2) is 0 Å². The van der Waals surface area contributed by atoms with Crippen molar-refractivity contribution in [3.05, 3.63) is 42.7 Å². The van der Waals surface area contributed by atoms with Crippen molar-refractivity contribution in [1.82, 2.24) is 15.1 Å². The lowest BCUT2D eigenvalue weighted by Crippen LogP contribution is -2.52. The summed E-state index contributed by atoms with van der Waals surface area (Å²) in [5.74, 6) is 1.73. The van der Waals surface area contributed by atoms with Crippen molar-refractivity contribution in [1.29, 1.82) is 0 Å². The van der Waals surface area contributed by atoms with Gasteiger partial charge in [-0.2, -0.15) is 10.2 Å². The number of rotatable bonds is 7. The Morgan fingerprint density at radius 1 is 1.00 bits per heavy atom. The van der Waals surface area contributed by atoms with E-state index in [2.05, 4.69) is 20.4 Å². The number of ether oxygens (including phenoxy) is 1. The molecule has 2 amide bonds. The average Bonchev–Trinajstić information content (AvgIpc) is 3.59. The van der Waals surface area contributed by atoms with Gasteiger partial charge in [-0.05, 0) is 49.1 Å². The van der Waals surface area contributed by atoms with Crippen LogP contribution in [0.2, 0.25) is 0 Å². The Morgan fingerprint density at radius 2 is 1.75 bits per heavy atom. The number of hydrogen-bond donors (Lipinski definition) is 1. The largest absolute Gasteiger partial charge is 0.490 e. The van der Waals surface area contributed by atoms with Gasteiger partial charge < -0.3 is 19.9 Å². The number of hydrogen-bond acceptors (Lipinski definition) is 6. The highest BCUT2D eigenvalue weighted by atomic mass is 16.5. The summed E-state index contributed by atoms with van der Waals surface area (Å²) in [4.78, 5) is 28.8. The number of piperidine rings is 1. The second-order valence-electron chi connectivity index (χ2n) is 9.06. The van der Waals surface area contributed by atoms with E-state index < -0.39 is 0 Å². The van der Waals surface area contributed by atoms with E-state index >= 15 is 0 Å². The molecule has 3 aliphatic rings. The summed E-state index contributed by atoms with van der Waals surface area (Å²) >= 11 is 0. The van der Waals surface area contributed by atoms with E-state index in [-0.39, 0.29) is 17.9 Å². The Morgan fingerprint density at radius 3 is 2.41 bits per heavy atom. The maximum Gasteiger partial charge on any atom is 0.231 e. The minimum atomic E-state index is -0.0353. The highest BCUT2D eigenvalue weighted by Gasteiger charge is 2.33. The third kappa shape index (κ3) is 5.00. The summed E-state index contributed by atoms with van der Waals surface area (Å²) in [6.07, 6.45) is 8.37. The fourth-order valence-corrected chi connectivity index (χ4v) is 4.30. The normalized spacial score (nSPS) is 19.4. The lowest BCUT2D eigenvalue weighted by atomic mass is 9.98. The Kier molecular flexibility index (Phi) is 5.92. The summed E-state index contributed by atoms with van der Waals surface area (Å²) < 4.78 is 6.11. The van der Waals surface area contributed by atoms with Crippen molar-refractivity contribution in [2.75, 3.05) is 36.4 Å². The Labute approximate surface area is 187 Å². The van der Waals surface area contributed by atoms with E-state index in [1.807, 2.05) is 35.2 Å². The number of benzene rings is 1. The number of nitrogens with zero attached hydrogens (tertiary/aromatic N) is 4. The van der Waals surface area contributed by atoms with Gasteiger partial charge in [-0.1, -0.05) is 0 Å². The van der Waals surface area contributed by atoms with Gasteiger partial charge in [0.1, 0.15) is 11.9 Å². The Balaban J connectivity index is 1.04. The van der Waals surface area contributed by atoms with Crippen molar-refractivity contribution in [3.63, 3.8) is 0 Å². The molecule has 0 atom stereocenters. The first-order valence-electron chi connectivity index (χ1n) is 11.5. The minimum Gasteiger partial charge on any atom is -0.490 e. The van der Waals surface area contributed by atoms with E-state index in [0.29, 0.717) is 24.9 Å². The topological polar surface area (TPSA) is 87.7 Å². The number of carbonyl (C=O) groups excluding carboxylic acids is 2. The molecular weight excluding hydrogens is 406 g/mol. The summed E-state index contributed by atoms with van der Waals surface area (Å²) in [6, 6.07) is 9.46. The average molecular weight is 436 g/mol. The van der Waals surface area contributed by atoms with Crippen molar-refractivity contribution in [3.8, 4) is 5.75 Å². The molecule has 168 valence electrons. The van der Waals surface area contributed by atoms with Crippen LogP contribution < -0.4 is 15.0 Å². The maximum atomic E-state index is 12.5. The van der Waals surface area contributed by atoms with Gasteiger partial charge in [-0.25, -0.2) is 0 Å². The fraction of sp³-hybridized carbons (Fsp3) is 0.500. The van der Waals surface area contributed by atoms with Gasteiger partial charge in [0, 0.05) is 51.1 Å². The van der Waals surface area contributed by atoms with Crippen LogP contribution in [0.4, 0.5) is 11.4 Å². The highest BCUT2D eigenvalue weighted by molar-refractivity contribution is 5.94. The molecule has 8 nitrogen and oxygen atoms in total. The van der Waals surface area contributed by atoms with Gasteiger partial charge in [-0.3, -0.25) is 9.59 Å². The molecule has 8 heteroatoms. The van der Waals surface area contributed by atoms with Crippen LogP contribution in [0.25, 0.3) is 0 Å².